The third-order valence-corrected chi connectivity index (χ3v) is 8.55. The maximum Gasteiger partial charge on any atom is 0.434 e. The quantitative estimate of drug-likeness (QED) is 0.179. The van der Waals surface area contributed by atoms with Crippen LogP contribution in [0.3, 0.4) is 0 Å². The summed E-state index contributed by atoms with van der Waals surface area (Å²) in [7, 11) is 0.0635. The highest BCUT2D eigenvalue weighted by Crippen LogP contribution is 2.35. The first-order chi connectivity index (χ1) is 17.7. The molecule has 0 unspecified atom stereocenters. The van der Waals surface area contributed by atoms with Crippen molar-refractivity contribution in [2.75, 3.05) is 20.3 Å². The lowest BCUT2D eigenvalue weighted by Crippen LogP contribution is -2.33. The number of hydrogen-bond donors (Lipinski definition) is 0. The lowest BCUT2D eigenvalue weighted by atomic mass is 9.84. The number of nitrogens with zero attached hydrogens (tertiary/aromatic N) is 3. The molecule has 3 rings (SSSR count). The molecule has 2 aromatic rings. The highest BCUT2D eigenvalue weighted by Gasteiger charge is 2.35. The van der Waals surface area contributed by atoms with Crippen LogP contribution in [0.2, 0.25) is 25.7 Å². The van der Waals surface area contributed by atoms with Crippen molar-refractivity contribution in [3.05, 3.63) is 35.9 Å². The van der Waals surface area contributed by atoms with E-state index in [0.29, 0.717) is 18.8 Å². The molecule has 2 heterocycles. The maximum atomic E-state index is 13.4. The van der Waals surface area contributed by atoms with Crippen molar-refractivity contribution in [2.24, 2.45) is 5.41 Å². The van der Waals surface area contributed by atoms with Gasteiger partial charge in [0.05, 0.1) is 25.2 Å². The average Bonchev–Trinajstić information content (AvgIpc) is 3.30. The second-order valence-corrected chi connectivity index (χ2v) is 17.5. The van der Waals surface area contributed by atoms with E-state index in [1.807, 2.05) is 6.07 Å². The predicted octanol–water partition coefficient (Wildman–Crippen LogP) is 6.52. The van der Waals surface area contributed by atoms with Crippen LogP contribution in [0.25, 0.3) is 11.4 Å². The fraction of sp³-hybridized carbons (Fsp3) is 0.667. The van der Waals surface area contributed by atoms with Crippen molar-refractivity contribution >= 4 is 14.0 Å². The van der Waals surface area contributed by atoms with Crippen molar-refractivity contribution in [1.29, 1.82) is 0 Å². The Hall–Kier alpha value is -2.24. The minimum atomic E-state index is -4.54. The van der Waals surface area contributed by atoms with E-state index in [0.717, 1.165) is 43.6 Å². The largest absolute Gasteiger partial charge is 0.469 e. The Kier molecular flexibility index (Phi) is 9.80. The summed E-state index contributed by atoms with van der Waals surface area (Å²) in [5.74, 6) is 0.138. The molecule has 0 radical (unpaired) electrons. The van der Waals surface area contributed by atoms with Crippen LogP contribution < -0.4 is 0 Å². The number of alkyl halides is 3. The predicted molar refractivity (Wildman–Crippen MR) is 141 cm³/mol. The van der Waals surface area contributed by atoms with Crippen molar-refractivity contribution in [1.82, 2.24) is 14.5 Å². The lowest BCUT2D eigenvalue weighted by Gasteiger charge is -2.31. The van der Waals surface area contributed by atoms with Gasteiger partial charge in [-0.15, -0.1) is 0 Å². The molecule has 0 bridgehead atoms. The number of halogens is 3. The zero-order valence-corrected chi connectivity index (χ0v) is 24.2. The molecule has 0 aromatic carbocycles. The number of ether oxygens (including phenoxy) is 3. The van der Waals surface area contributed by atoms with Crippen LogP contribution in [0, 0.1) is 5.41 Å². The third-order valence-electron chi connectivity index (χ3n) is 6.85. The molecule has 1 aliphatic carbocycles. The van der Waals surface area contributed by atoms with Gasteiger partial charge in [0.25, 0.3) is 0 Å². The van der Waals surface area contributed by atoms with Gasteiger partial charge in [-0.25, -0.2) is 4.98 Å². The van der Waals surface area contributed by atoms with Crippen LogP contribution in [0.5, 0.6) is 0 Å². The van der Waals surface area contributed by atoms with Gasteiger partial charge in [-0.3, -0.25) is 9.78 Å². The summed E-state index contributed by atoms with van der Waals surface area (Å²) in [5.41, 5.74) is -0.221. The van der Waals surface area contributed by atoms with E-state index < -0.39 is 25.4 Å². The van der Waals surface area contributed by atoms with Gasteiger partial charge in [0.2, 0.25) is 0 Å². The molecule has 2 aromatic heterocycles. The Morgan fingerprint density at radius 3 is 2.37 bits per heavy atom. The molecule has 0 aliphatic heterocycles. The number of methoxy groups -OCH3 is 1. The standard InChI is InChI=1S/C27H40F3N3O4Si/c1-26(2,25(34)35-3)17-37-21-10-7-19(8-11-21)22-12-9-20(15-31-22)24-32-23(27(28,29)30)16-33(24)18-36-13-14-38(4,5)6/h9,12,15-16,19,21H,7-8,10-11,13-14,17-18H2,1-6H3. The van der Waals surface area contributed by atoms with Gasteiger partial charge >= 0.3 is 12.1 Å². The summed E-state index contributed by atoms with van der Waals surface area (Å²) < 4.78 is 58.1. The Labute approximate surface area is 224 Å². The fourth-order valence-electron chi connectivity index (χ4n) is 4.39. The van der Waals surface area contributed by atoms with Crippen LogP contribution >= 0.6 is 0 Å². The van der Waals surface area contributed by atoms with Gasteiger partial charge in [0.1, 0.15) is 12.6 Å². The van der Waals surface area contributed by atoms with Crippen molar-refractivity contribution in [3.8, 4) is 11.4 Å². The number of imidazole rings is 1. The molecule has 0 amide bonds. The highest BCUT2D eigenvalue weighted by atomic mass is 28.3. The van der Waals surface area contributed by atoms with Crippen molar-refractivity contribution < 1.29 is 32.2 Å². The molecule has 0 spiro atoms. The van der Waals surface area contributed by atoms with E-state index in [-0.39, 0.29) is 30.5 Å². The first-order valence-corrected chi connectivity index (χ1v) is 16.8. The van der Waals surface area contributed by atoms with Crippen LogP contribution in [0.4, 0.5) is 13.2 Å². The number of esters is 1. The molecule has 1 aliphatic rings. The Morgan fingerprint density at radius 1 is 1.13 bits per heavy atom. The first-order valence-electron chi connectivity index (χ1n) is 13.1. The van der Waals surface area contributed by atoms with E-state index in [4.69, 9.17) is 14.2 Å². The number of rotatable bonds is 11. The minimum absolute atomic E-state index is 0.00143. The minimum Gasteiger partial charge on any atom is -0.469 e. The Morgan fingerprint density at radius 2 is 1.82 bits per heavy atom. The molecule has 11 heteroatoms. The van der Waals surface area contributed by atoms with Gasteiger partial charge in [-0.05, 0) is 57.7 Å². The molecule has 7 nitrogen and oxygen atoms in total. The van der Waals surface area contributed by atoms with Crippen molar-refractivity contribution in [2.45, 2.75) is 90.1 Å². The summed E-state index contributed by atoms with van der Waals surface area (Å²) in [5, 5.41) is 0. The number of aromatic nitrogens is 3. The van der Waals surface area contributed by atoms with E-state index in [1.54, 1.807) is 26.1 Å². The fourth-order valence-corrected chi connectivity index (χ4v) is 5.14. The average molecular weight is 556 g/mol. The van der Waals surface area contributed by atoms with E-state index in [2.05, 4.69) is 29.6 Å². The molecule has 1 fully saturated rings. The Balaban J connectivity index is 1.63. The smallest absolute Gasteiger partial charge is 0.434 e. The lowest BCUT2D eigenvalue weighted by molar-refractivity contribution is -0.156. The monoisotopic (exact) mass is 555 g/mol. The molecule has 0 saturated heterocycles. The van der Waals surface area contributed by atoms with Crippen LogP contribution in [-0.4, -0.2) is 55.0 Å². The summed E-state index contributed by atoms with van der Waals surface area (Å²) >= 11 is 0. The summed E-state index contributed by atoms with van der Waals surface area (Å²) in [6, 6.07) is 4.58. The van der Waals surface area contributed by atoms with Gasteiger partial charge in [0, 0.05) is 44.2 Å². The zero-order valence-electron chi connectivity index (χ0n) is 23.2. The first kappa shape index (κ1) is 30.3. The summed E-state index contributed by atoms with van der Waals surface area (Å²) in [6.07, 6.45) is 1.58. The number of hydrogen-bond acceptors (Lipinski definition) is 6. The number of carbonyl (C=O) groups excluding carboxylic acids is 1. The van der Waals surface area contributed by atoms with E-state index in [1.165, 1.54) is 11.7 Å². The SMILES string of the molecule is COC(=O)C(C)(C)COC1CCC(c2ccc(-c3nc(C(F)(F)F)cn3COCC[Si](C)(C)C)cn2)CC1. The van der Waals surface area contributed by atoms with Crippen LogP contribution in [0.15, 0.2) is 24.5 Å². The molecular weight excluding hydrogens is 515 g/mol. The van der Waals surface area contributed by atoms with Crippen molar-refractivity contribution in [3.63, 3.8) is 0 Å². The van der Waals surface area contributed by atoms with E-state index >= 15 is 0 Å². The Bertz CT molecular complexity index is 1060. The molecule has 1 saturated carbocycles. The van der Waals surface area contributed by atoms with Gasteiger partial charge in [-0.1, -0.05) is 19.6 Å². The molecular formula is C27H40F3N3O4Si. The van der Waals surface area contributed by atoms with Crippen LogP contribution in [-0.2, 0) is 31.9 Å². The maximum absolute atomic E-state index is 13.4. The summed E-state index contributed by atoms with van der Waals surface area (Å²) in [4.78, 5) is 20.3. The molecule has 0 atom stereocenters. The number of carbonyl (C=O) groups is 1. The van der Waals surface area contributed by atoms with Gasteiger partial charge < -0.3 is 18.8 Å². The highest BCUT2D eigenvalue weighted by molar-refractivity contribution is 6.76. The normalized spacial score (nSPS) is 19.0. The zero-order chi connectivity index (χ0) is 28.1. The van der Waals surface area contributed by atoms with Gasteiger partial charge in [-0.2, -0.15) is 13.2 Å². The van der Waals surface area contributed by atoms with E-state index in [9.17, 15) is 18.0 Å². The van der Waals surface area contributed by atoms with Crippen LogP contribution in [0.1, 0.15) is 56.8 Å². The second kappa shape index (κ2) is 12.3. The van der Waals surface area contributed by atoms with Gasteiger partial charge in [0.15, 0.2) is 5.69 Å². The summed E-state index contributed by atoms with van der Waals surface area (Å²) in [6.45, 7) is 11.1. The third kappa shape index (κ3) is 8.38. The second-order valence-electron chi connectivity index (χ2n) is 11.9. The molecule has 0 N–H and O–H groups in total. The molecule has 212 valence electrons. The molecule has 38 heavy (non-hydrogen) atoms. The number of pyridine rings is 1. The topological polar surface area (TPSA) is 75.5 Å².